The standard InChI is InChI=1S/C21H36N2O4/c1-6-7-8-9-10-11-12-13-22-18(25)15-17(24)16-14(2)27-20(21(3,4)5)23(16)19(15)26/h14,16,20,24H,6-13H2,1-5H3,(H,22,25)/t14-,16-,20-/m1/s1. The van der Waals surface area contributed by atoms with Crippen LogP contribution in [0.5, 0.6) is 0 Å². The fourth-order valence-corrected chi connectivity index (χ4v) is 3.90. The second-order valence-corrected chi connectivity index (χ2v) is 8.85. The summed E-state index contributed by atoms with van der Waals surface area (Å²) < 4.78 is 5.89. The smallest absolute Gasteiger partial charge is 0.265 e. The van der Waals surface area contributed by atoms with Gasteiger partial charge in [0.2, 0.25) is 0 Å². The molecule has 6 heteroatoms. The van der Waals surface area contributed by atoms with Crippen LogP contribution in [0.2, 0.25) is 0 Å². The van der Waals surface area contributed by atoms with Gasteiger partial charge >= 0.3 is 0 Å². The number of ether oxygens (including phenoxy) is 1. The van der Waals surface area contributed by atoms with Crippen molar-refractivity contribution in [3.05, 3.63) is 11.3 Å². The van der Waals surface area contributed by atoms with E-state index in [1.54, 1.807) is 0 Å². The number of nitrogens with one attached hydrogen (secondary N) is 1. The van der Waals surface area contributed by atoms with E-state index in [4.69, 9.17) is 4.74 Å². The molecule has 0 spiro atoms. The predicted molar refractivity (Wildman–Crippen MR) is 105 cm³/mol. The molecule has 0 saturated carbocycles. The van der Waals surface area contributed by atoms with Gasteiger partial charge in [0.1, 0.15) is 23.6 Å². The van der Waals surface area contributed by atoms with Crippen molar-refractivity contribution in [1.29, 1.82) is 0 Å². The topological polar surface area (TPSA) is 78.9 Å². The minimum Gasteiger partial charge on any atom is -0.509 e. The van der Waals surface area contributed by atoms with Gasteiger partial charge in [-0.25, -0.2) is 0 Å². The first kappa shape index (κ1) is 21.7. The highest BCUT2D eigenvalue weighted by Crippen LogP contribution is 2.41. The van der Waals surface area contributed by atoms with Gasteiger partial charge in [0.25, 0.3) is 11.8 Å². The van der Waals surface area contributed by atoms with Crippen molar-refractivity contribution in [3.63, 3.8) is 0 Å². The molecule has 2 N–H and O–H groups in total. The van der Waals surface area contributed by atoms with E-state index in [2.05, 4.69) is 12.2 Å². The first-order valence-corrected chi connectivity index (χ1v) is 10.4. The first-order chi connectivity index (χ1) is 12.7. The average molecular weight is 381 g/mol. The second-order valence-electron chi connectivity index (χ2n) is 8.85. The van der Waals surface area contributed by atoms with Crippen LogP contribution in [-0.2, 0) is 14.3 Å². The number of carbonyl (C=O) groups is 2. The third kappa shape index (κ3) is 4.84. The third-order valence-electron chi connectivity index (χ3n) is 5.36. The monoisotopic (exact) mass is 380 g/mol. The molecular formula is C21H36N2O4. The third-order valence-corrected chi connectivity index (χ3v) is 5.36. The van der Waals surface area contributed by atoms with E-state index >= 15 is 0 Å². The van der Waals surface area contributed by atoms with Crippen LogP contribution in [-0.4, -0.2) is 46.7 Å². The van der Waals surface area contributed by atoms with Gasteiger partial charge in [-0.3, -0.25) is 14.5 Å². The number of rotatable bonds is 9. The fourth-order valence-electron chi connectivity index (χ4n) is 3.90. The first-order valence-electron chi connectivity index (χ1n) is 10.4. The molecule has 1 saturated heterocycles. The number of hydrogen-bond acceptors (Lipinski definition) is 4. The van der Waals surface area contributed by atoms with E-state index < -0.39 is 24.1 Å². The van der Waals surface area contributed by atoms with Crippen LogP contribution in [0.1, 0.15) is 79.6 Å². The van der Waals surface area contributed by atoms with Crippen molar-refractivity contribution >= 4 is 11.8 Å². The summed E-state index contributed by atoms with van der Waals surface area (Å²) in [5, 5.41) is 13.4. The van der Waals surface area contributed by atoms with Crippen molar-refractivity contribution in [3.8, 4) is 0 Å². The molecule has 0 aromatic heterocycles. The summed E-state index contributed by atoms with van der Waals surface area (Å²) in [6.45, 7) is 10.5. The normalized spacial score (nSPS) is 25.3. The van der Waals surface area contributed by atoms with Crippen molar-refractivity contribution in [2.75, 3.05) is 6.54 Å². The zero-order valence-electron chi connectivity index (χ0n) is 17.5. The number of fused-ring (bicyclic) bond motifs is 1. The summed E-state index contributed by atoms with van der Waals surface area (Å²) in [6.07, 6.45) is 7.33. The SMILES string of the molecule is CCCCCCCCCNC(=O)C1=C(O)[C@H]2[C@@H](C)O[C@H](C(C)(C)C)N2C1=O. The maximum absolute atomic E-state index is 12.8. The fraction of sp³-hybridized carbons (Fsp3) is 0.810. The van der Waals surface area contributed by atoms with Crippen molar-refractivity contribution in [2.45, 2.75) is 97.9 Å². The number of aliphatic hydroxyl groups excluding tert-OH is 1. The number of aliphatic hydroxyl groups is 1. The van der Waals surface area contributed by atoms with Gasteiger partial charge < -0.3 is 15.2 Å². The zero-order valence-corrected chi connectivity index (χ0v) is 17.5. The van der Waals surface area contributed by atoms with Gasteiger partial charge in [0.15, 0.2) is 0 Å². The van der Waals surface area contributed by atoms with Crippen LogP contribution >= 0.6 is 0 Å². The van der Waals surface area contributed by atoms with Gasteiger partial charge in [-0.15, -0.1) is 0 Å². The molecule has 0 aromatic carbocycles. The maximum atomic E-state index is 12.8. The number of hydrogen-bond donors (Lipinski definition) is 2. The lowest BCUT2D eigenvalue weighted by atomic mass is 9.93. The quantitative estimate of drug-likeness (QED) is 0.472. The molecule has 2 heterocycles. The second kappa shape index (κ2) is 9.09. The Hall–Kier alpha value is -1.56. The van der Waals surface area contributed by atoms with E-state index in [1.165, 1.54) is 37.0 Å². The molecule has 0 bridgehead atoms. The van der Waals surface area contributed by atoms with Crippen LogP contribution in [0.25, 0.3) is 0 Å². The van der Waals surface area contributed by atoms with Gasteiger partial charge in [0.05, 0.1) is 6.10 Å². The van der Waals surface area contributed by atoms with Gasteiger partial charge in [0, 0.05) is 12.0 Å². The number of carbonyl (C=O) groups excluding carboxylic acids is 2. The van der Waals surface area contributed by atoms with Crippen LogP contribution in [0.3, 0.4) is 0 Å². The zero-order chi connectivity index (χ0) is 20.2. The molecule has 1 fully saturated rings. The molecule has 2 aliphatic rings. The van der Waals surface area contributed by atoms with Gasteiger partial charge in [-0.05, 0) is 13.3 Å². The molecule has 0 unspecified atom stereocenters. The highest BCUT2D eigenvalue weighted by molar-refractivity contribution is 6.20. The van der Waals surface area contributed by atoms with E-state index in [-0.39, 0.29) is 22.9 Å². The van der Waals surface area contributed by atoms with Crippen molar-refractivity contribution in [2.24, 2.45) is 5.41 Å². The van der Waals surface area contributed by atoms with Crippen LogP contribution in [0.4, 0.5) is 0 Å². The molecular weight excluding hydrogens is 344 g/mol. The molecule has 6 nitrogen and oxygen atoms in total. The van der Waals surface area contributed by atoms with Gasteiger partial charge in [-0.1, -0.05) is 66.2 Å². The summed E-state index contributed by atoms with van der Waals surface area (Å²) in [5.74, 6) is -1.06. The van der Waals surface area contributed by atoms with E-state index in [0.29, 0.717) is 6.54 Å². The molecule has 2 rings (SSSR count). The lowest BCUT2D eigenvalue weighted by molar-refractivity contribution is -0.140. The Bertz CT molecular complexity index is 579. The van der Waals surface area contributed by atoms with Gasteiger partial charge in [-0.2, -0.15) is 0 Å². The van der Waals surface area contributed by atoms with Crippen LogP contribution < -0.4 is 5.32 Å². The Morgan fingerprint density at radius 1 is 1.15 bits per heavy atom. The van der Waals surface area contributed by atoms with Crippen LogP contribution in [0, 0.1) is 5.41 Å². The molecule has 2 aliphatic heterocycles. The minimum atomic E-state index is -0.568. The highest BCUT2D eigenvalue weighted by atomic mass is 16.5. The largest absolute Gasteiger partial charge is 0.509 e. The lowest BCUT2D eigenvalue weighted by Crippen LogP contribution is -2.46. The van der Waals surface area contributed by atoms with Crippen molar-refractivity contribution in [1.82, 2.24) is 10.2 Å². The molecule has 3 atom stereocenters. The average Bonchev–Trinajstić information content (AvgIpc) is 3.06. The Labute approximate surface area is 163 Å². The number of amides is 2. The Morgan fingerprint density at radius 3 is 2.33 bits per heavy atom. The van der Waals surface area contributed by atoms with E-state index in [0.717, 1.165) is 12.8 Å². The van der Waals surface area contributed by atoms with Crippen LogP contribution in [0.15, 0.2) is 11.3 Å². The minimum absolute atomic E-state index is 0.118. The predicted octanol–water partition coefficient (Wildman–Crippen LogP) is 3.67. The van der Waals surface area contributed by atoms with E-state index in [9.17, 15) is 14.7 Å². The summed E-state index contributed by atoms with van der Waals surface area (Å²) in [7, 11) is 0. The summed E-state index contributed by atoms with van der Waals surface area (Å²) in [4.78, 5) is 26.9. The highest BCUT2D eigenvalue weighted by Gasteiger charge is 2.56. The van der Waals surface area contributed by atoms with E-state index in [1.807, 2.05) is 27.7 Å². The van der Waals surface area contributed by atoms with Crippen molar-refractivity contribution < 1.29 is 19.4 Å². The Balaban J connectivity index is 1.89. The molecule has 154 valence electrons. The number of unbranched alkanes of at least 4 members (excludes halogenated alkanes) is 6. The summed E-state index contributed by atoms with van der Waals surface area (Å²) >= 11 is 0. The lowest BCUT2D eigenvalue weighted by Gasteiger charge is -2.33. The molecule has 0 radical (unpaired) electrons. The number of nitrogens with zero attached hydrogens (tertiary/aromatic N) is 1. The summed E-state index contributed by atoms with van der Waals surface area (Å²) in [6, 6.07) is -0.568. The molecule has 2 amide bonds. The maximum Gasteiger partial charge on any atom is 0.265 e. The molecule has 0 aromatic rings. The Kier molecular flexibility index (Phi) is 7.32. The molecule has 0 aliphatic carbocycles. The summed E-state index contributed by atoms with van der Waals surface area (Å²) in [5.41, 5.74) is -0.421. The Morgan fingerprint density at radius 2 is 1.74 bits per heavy atom. The molecule has 27 heavy (non-hydrogen) atoms.